The van der Waals surface area contributed by atoms with E-state index in [1.807, 2.05) is 19.1 Å². The number of aromatic hydroxyl groups is 1. The van der Waals surface area contributed by atoms with E-state index >= 15 is 0 Å². The molecule has 1 aromatic carbocycles. The van der Waals surface area contributed by atoms with E-state index in [1.165, 1.54) is 0 Å². The summed E-state index contributed by atoms with van der Waals surface area (Å²) in [6, 6.07) is 7.10. The molecule has 1 aliphatic rings. The Hall–Kier alpha value is -1.10. The third-order valence-corrected chi connectivity index (χ3v) is 2.94. The molecular formula is C13H19NO3. The summed E-state index contributed by atoms with van der Waals surface area (Å²) < 4.78 is 11.6. The lowest BCUT2D eigenvalue weighted by molar-refractivity contribution is -0.152. The smallest absolute Gasteiger partial charge is 0.170 e. The van der Waals surface area contributed by atoms with Crippen molar-refractivity contribution in [2.24, 2.45) is 5.73 Å². The molecule has 1 saturated heterocycles. The molecule has 2 rings (SSSR count). The van der Waals surface area contributed by atoms with Crippen LogP contribution >= 0.6 is 0 Å². The van der Waals surface area contributed by atoms with Gasteiger partial charge in [-0.1, -0.05) is 12.1 Å². The molecule has 94 valence electrons. The van der Waals surface area contributed by atoms with Gasteiger partial charge in [0.25, 0.3) is 0 Å². The van der Waals surface area contributed by atoms with Crippen molar-refractivity contribution in [3.8, 4) is 5.75 Å². The van der Waals surface area contributed by atoms with E-state index < -0.39 is 5.79 Å². The zero-order chi connectivity index (χ0) is 12.3. The topological polar surface area (TPSA) is 64.7 Å². The molecule has 0 radical (unpaired) electrons. The van der Waals surface area contributed by atoms with Crippen LogP contribution < -0.4 is 5.73 Å². The Labute approximate surface area is 101 Å². The molecule has 0 aromatic heterocycles. The SMILES string of the molecule is CC1(Cc2ccc(O)cc2)OCC(CCN)O1. The molecule has 1 aromatic rings. The average Bonchev–Trinajstić information content (AvgIpc) is 2.64. The first-order chi connectivity index (χ1) is 8.11. The standard InChI is InChI=1S/C13H19NO3/c1-13(16-9-12(17-13)6-7-14)8-10-2-4-11(15)5-3-10/h2-5,12,15H,6-9,14H2,1H3. The highest BCUT2D eigenvalue weighted by Crippen LogP contribution is 2.28. The number of hydrogen-bond acceptors (Lipinski definition) is 4. The molecule has 0 aliphatic carbocycles. The molecule has 0 saturated carbocycles. The maximum Gasteiger partial charge on any atom is 0.170 e. The summed E-state index contributed by atoms with van der Waals surface area (Å²) in [4.78, 5) is 0. The van der Waals surface area contributed by atoms with Gasteiger partial charge in [-0.25, -0.2) is 0 Å². The van der Waals surface area contributed by atoms with Gasteiger partial charge in [0.05, 0.1) is 12.7 Å². The van der Waals surface area contributed by atoms with Gasteiger partial charge in [-0.2, -0.15) is 0 Å². The van der Waals surface area contributed by atoms with Gasteiger partial charge in [0.15, 0.2) is 5.79 Å². The molecule has 0 bridgehead atoms. The third-order valence-electron chi connectivity index (χ3n) is 2.94. The lowest BCUT2D eigenvalue weighted by Gasteiger charge is -2.23. The summed E-state index contributed by atoms with van der Waals surface area (Å²) in [7, 11) is 0. The first kappa shape index (κ1) is 12.4. The number of rotatable bonds is 4. The Balaban J connectivity index is 1.96. The summed E-state index contributed by atoms with van der Waals surface area (Å²) in [5.41, 5.74) is 6.58. The Bertz CT molecular complexity index is 365. The normalized spacial score (nSPS) is 28.5. The monoisotopic (exact) mass is 237 g/mol. The largest absolute Gasteiger partial charge is 0.508 e. The maximum atomic E-state index is 9.22. The predicted octanol–water partition coefficient (Wildman–Crippen LogP) is 1.42. The quantitative estimate of drug-likeness (QED) is 0.831. The molecule has 0 amide bonds. The number of phenols is 1. The Morgan fingerprint density at radius 2 is 2.12 bits per heavy atom. The van der Waals surface area contributed by atoms with Gasteiger partial charge < -0.3 is 20.3 Å². The number of phenolic OH excluding ortho intramolecular Hbond substituents is 1. The van der Waals surface area contributed by atoms with Crippen LogP contribution in [0.4, 0.5) is 0 Å². The van der Waals surface area contributed by atoms with Crippen molar-refractivity contribution in [2.45, 2.75) is 31.7 Å². The highest BCUT2D eigenvalue weighted by Gasteiger charge is 2.36. The summed E-state index contributed by atoms with van der Waals surface area (Å²) in [6.07, 6.45) is 1.60. The molecule has 1 heterocycles. The molecule has 4 nitrogen and oxygen atoms in total. The van der Waals surface area contributed by atoms with Crippen LogP contribution in [0.1, 0.15) is 18.9 Å². The Morgan fingerprint density at radius 3 is 2.76 bits per heavy atom. The molecular weight excluding hydrogens is 218 g/mol. The Kier molecular flexibility index (Phi) is 3.66. The fourth-order valence-corrected chi connectivity index (χ4v) is 2.10. The van der Waals surface area contributed by atoms with Crippen LogP contribution in [-0.4, -0.2) is 30.1 Å². The predicted molar refractivity (Wildman–Crippen MR) is 64.7 cm³/mol. The van der Waals surface area contributed by atoms with Crippen LogP contribution in [0.5, 0.6) is 5.75 Å². The van der Waals surface area contributed by atoms with E-state index in [2.05, 4.69) is 0 Å². The van der Waals surface area contributed by atoms with E-state index in [0.717, 1.165) is 12.0 Å². The second-order valence-corrected chi connectivity index (χ2v) is 4.61. The van der Waals surface area contributed by atoms with Crippen LogP contribution in [0.15, 0.2) is 24.3 Å². The van der Waals surface area contributed by atoms with Gasteiger partial charge in [0.2, 0.25) is 0 Å². The molecule has 4 heteroatoms. The maximum absolute atomic E-state index is 9.22. The molecule has 2 atom stereocenters. The summed E-state index contributed by atoms with van der Waals surface area (Å²) >= 11 is 0. The lowest BCUT2D eigenvalue weighted by Crippen LogP contribution is -2.30. The van der Waals surface area contributed by atoms with E-state index in [-0.39, 0.29) is 11.9 Å². The van der Waals surface area contributed by atoms with Gasteiger partial charge in [-0.05, 0) is 37.6 Å². The highest BCUT2D eigenvalue weighted by atomic mass is 16.7. The van der Waals surface area contributed by atoms with Gasteiger partial charge in [-0.3, -0.25) is 0 Å². The van der Waals surface area contributed by atoms with Crippen molar-refractivity contribution in [1.29, 1.82) is 0 Å². The number of nitrogens with two attached hydrogens (primary N) is 1. The van der Waals surface area contributed by atoms with Gasteiger partial charge >= 0.3 is 0 Å². The molecule has 1 fully saturated rings. The second kappa shape index (κ2) is 5.04. The average molecular weight is 237 g/mol. The number of hydrogen-bond donors (Lipinski definition) is 2. The molecule has 17 heavy (non-hydrogen) atoms. The first-order valence-electron chi connectivity index (χ1n) is 5.91. The van der Waals surface area contributed by atoms with Crippen molar-refractivity contribution in [2.75, 3.05) is 13.2 Å². The highest BCUT2D eigenvalue weighted by molar-refractivity contribution is 5.26. The minimum Gasteiger partial charge on any atom is -0.508 e. The van der Waals surface area contributed by atoms with E-state index in [9.17, 15) is 5.11 Å². The van der Waals surface area contributed by atoms with Crippen LogP contribution in [0.25, 0.3) is 0 Å². The van der Waals surface area contributed by atoms with Crippen molar-refractivity contribution >= 4 is 0 Å². The van der Waals surface area contributed by atoms with E-state index in [4.69, 9.17) is 15.2 Å². The molecule has 1 aliphatic heterocycles. The van der Waals surface area contributed by atoms with Crippen LogP contribution in [0.2, 0.25) is 0 Å². The van der Waals surface area contributed by atoms with Crippen LogP contribution in [-0.2, 0) is 15.9 Å². The van der Waals surface area contributed by atoms with Crippen molar-refractivity contribution in [3.63, 3.8) is 0 Å². The number of ether oxygens (including phenoxy) is 2. The van der Waals surface area contributed by atoms with Crippen LogP contribution in [0.3, 0.4) is 0 Å². The lowest BCUT2D eigenvalue weighted by atomic mass is 10.1. The van der Waals surface area contributed by atoms with Gasteiger partial charge in [0.1, 0.15) is 5.75 Å². The van der Waals surface area contributed by atoms with E-state index in [0.29, 0.717) is 19.6 Å². The first-order valence-corrected chi connectivity index (χ1v) is 5.91. The minimum atomic E-state index is -0.573. The van der Waals surface area contributed by atoms with Crippen molar-refractivity contribution in [3.05, 3.63) is 29.8 Å². The van der Waals surface area contributed by atoms with Crippen molar-refractivity contribution < 1.29 is 14.6 Å². The van der Waals surface area contributed by atoms with Gasteiger partial charge in [0, 0.05) is 6.42 Å². The van der Waals surface area contributed by atoms with Gasteiger partial charge in [-0.15, -0.1) is 0 Å². The van der Waals surface area contributed by atoms with Crippen LogP contribution in [0, 0.1) is 0 Å². The van der Waals surface area contributed by atoms with Crippen molar-refractivity contribution in [1.82, 2.24) is 0 Å². The summed E-state index contributed by atoms with van der Waals surface area (Å²) in [5, 5.41) is 9.22. The zero-order valence-electron chi connectivity index (χ0n) is 10.1. The van der Waals surface area contributed by atoms with E-state index in [1.54, 1.807) is 12.1 Å². The summed E-state index contributed by atoms with van der Waals surface area (Å²) in [6.45, 7) is 3.16. The number of benzene rings is 1. The second-order valence-electron chi connectivity index (χ2n) is 4.61. The fourth-order valence-electron chi connectivity index (χ4n) is 2.10. The fraction of sp³-hybridized carbons (Fsp3) is 0.538. The third kappa shape index (κ3) is 3.19. The zero-order valence-corrected chi connectivity index (χ0v) is 10.1. The molecule has 0 spiro atoms. The Morgan fingerprint density at radius 1 is 1.41 bits per heavy atom. The summed E-state index contributed by atoms with van der Waals surface area (Å²) in [5.74, 6) is -0.301. The minimum absolute atomic E-state index is 0.0992. The molecule has 3 N–H and O–H groups in total. The molecule has 2 unspecified atom stereocenters.